The minimum absolute atomic E-state index is 0.114. The molecule has 0 amide bonds. The lowest BCUT2D eigenvalue weighted by Crippen LogP contribution is -1.98. The number of aromatic hydroxyl groups is 1. The maximum Gasteiger partial charge on any atom is 0.270 e. The van der Waals surface area contributed by atoms with E-state index in [4.69, 9.17) is 5.73 Å². The number of phenols is 1. The number of anilines is 1. The van der Waals surface area contributed by atoms with Gasteiger partial charge in [-0.15, -0.1) is 0 Å². The summed E-state index contributed by atoms with van der Waals surface area (Å²) in [5.41, 5.74) is 7.26. The molecule has 0 aliphatic heterocycles. The minimum Gasteiger partial charge on any atom is -0.507 e. The molecular weight excluding hydrogens is 286 g/mol. The Hall–Kier alpha value is -3.42. The number of nitrogens with two attached hydrogens (primary N) is 1. The maximum atomic E-state index is 10.8. The third-order valence-corrected chi connectivity index (χ3v) is 3.10. The summed E-state index contributed by atoms with van der Waals surface area (Å²) in [7, 11) is 0. The van der Waals surface area contributed by atoms with Crippen LogP contribution in [-0.4, -0.2) is 25.9 Å². The highest BCUT2D eigenvalue weighted by Gasteiger charge is 2.10. The number of benzene rings is 2. The summed E-state index contributed by atoms with van der Waals surface area (Å²) >= 11 is 0. The molecule has 1 heterocycles. The Labute approximate surface area is 124 Å². The standard InChI is InChI=1S/C14H11N5O3/c15-14-17-11-3-1-2-4-12(11)18(14)16-8-9-7-10(19(21)22)5-6-13(9)20/h1-8,20H,(H2,15,17). The van der Waals surface area contributed by atoms with Crippen molar-refractivity contribution in [3.63, 3.8) is 0 Å². The molecule has 0 saturated carbocycles. The van der Waals surface area contributed by atoms with Crippen LogP contribution in [0, 0.1) is 10.1 Å². The van der Waals surface area contributed by atoms with E-state index < -0.39 is 4.92 Å². The highest BCUT2D eigenvalue weighted by molar-refractivity contribution is 5.86. The van der Waals surface area contributed by atoms with Gasteiger partial charge in [0, 0.05) is 17.7 Å². The average Bonchev–Trinajstić information content (AvgIpc) is 2.81. The highest BCUT2D eigenvalue weighted by atomic mass is 16.6. The molecule has 0 unspecified atom stereocenters. The van der Waals surface area contributed by atoms with Gasteiger partial charge < -0.3 is 10.8 Å². The van der Waals surface area contributed by atoms with Crippen molar-refractivity contribution in [3.8, 4) is 5.75 Å². The van der Waals surface area contributed by atoms with Gasteiger partial charge in [-0.2, -0.15) is 9.78 Å². The molecule has 0 aliphatic rings. The zero-order chi connectivity index (χ0) is 15.7. The molecule has 110 valence electrons. The fourth-order valence-corrected chi connectivity index (χ4v) is 2.03. The molecule has 3 N–H and O–H groups in total. The summed E-state index contributed by atoms with van der Waals surface area (Å²) in [6, 6.07) is 10.9. The lowest BCUT2D eigenvalue weighted by molar-refractivity contribution is -0.384. The number of non-ortho nitro benzene ring substituents is 1. The molecule has 3 aromatic rings. The van der Waals surface area contributed by atoms with E-state index in [0.29, 0.717) is 11.0 Å². The number of hydrogen-bond donors (Lipinski definition) is 2. The third kappa shape index (κ3) is 2.33. The number of para-hydroxylation sites is 2. The van der Waals surface area contributed by atoms with Crippen molar-refractivity contribution >= 4 is 28.9 Å². The Morgan fingerprint density at radius 1 is 1.32 bits per heavy atom. The molecule has 0 saturated heterocycles. The van der Waals surface area contributed by atoms with Gasteiger partial charge in [-0.25, -0.2) is 4.98 Å². The molecule has 8 nitrogen and oxygen atoms in total. The van der Waals surface area contributed by atoms with Gasteiger partial charge in [-0.1, -0.05) is 12.1 Å². The first-order valence-electron chi connectivity index (χ1n) is 6.31. The summed E-state index contributed by atoms with van der Waals surface area (Å²) in [5.74, 6) is 0.0692. The fraction of sp³-hybridized carbons (Fsp3) is 0. The molecule has 2 aromatic carbocycles. The van der Waals surface area contributed by atoms with Crippen molar-refractivity contribution in [2.75, 3.05) is 5.73 Å². The second-order valence-electron chi connectivity index (χ2n) is 4.52. The Kier molecular flexibility index (Phi) is 3.18. The lowest BCUT2D eigenvalue weighted by atomic mass is 10.2. The van der Waals surface area contributed by atoms with Crippen LogP contribution < -0.4 is 5.73 Å². The van der Waals surface area contributed by atoms with Crippen LogP contribution in [0.25, 0.3) is 11.0 Å². The van der Waals surface area contributed by atoms with E-state index in [-0.39, 0.29) is 22.9 Å². The maximum absolute atomic E-state index is 10.8. The summed E-state index contributed by atoms with van der Waals surface area (Å²) in [6.07, 6.45) is 1.30. The van der Waals surface area contributed by atoms with Crippen LogP contribution in [0.2, 0.25) is 0 Å². The molecule has 3 rings (SSSR count). The zero-order valence-corrected chi connectivity index (χ0v) is 11.2. The molecule has 22 heavy (non-hydrogen) atoms. The summed E-state index contributed by atoms with van der Waals surface area (Å²) in [4.78, 5) is 14.4. The van der Waals surface area contributed by atoms with Crippen molar-refractivity contribution in [2.45, 2.75) is 0 Å². The molecule has 1 aromatic heterocycles. The van der Waals surface area contributed by atoms with Crippen LogP contribution in [0.15, 0.2) is 47.6 Å². The Balaban J connectivity index is 2.05. The molecule has 0 spiro atoms. The quantitative estimate of drug-likeness (QED) is 0.436. The van der Waals surface area contributed by atoms with Gasteiger partial charge in [0.05, 0.1) is 22.2 Å². The average molecular weight is 297 g/mol. The van der Waals surface area contributed by atoms with Crippen LogP contribution in [0.5, 0.6) is 5.75 Å². The van der Waals surface area contributed by atoms with Crippen molar-refractivity contribution in [3.05, 3.63) is 58.1 Å². The number of aromatic nitrogens is 2. The monoisotopic (exact) mass is 297 g/mol. The van der Waals surface area contributed by atoms with Crippen molar-refractivity contribution in [1.29, 1.82) is 0 Å². The number of fused-ring (bicyclic) bond motifs is 1. The molecule has 0 fully saturated rings. The van der Waals surface area contributed by atoms with Crippen LogP contribution >= 0.6 is 0 Å². The number of nitrogen functional groups attached to an aromatic ring is 1. The van der Waals surface area contributed by atoms with Gasteiger partial charge in [-0.05, 0) is 18.2 Å². The van der Waals surface area contributed by atoms with Gasteiger partial charge in [0.25, 0.3) is 5.69 Å². The first-order valence-corrected chi connectivity index (χ1v) is 6.31. The van der Waals surface area contributed by atoms with Crippen molar-refractivity contribution < 1.29 is 10.0 Å². The minimum atomic E-state index is -0.544. The van der Waals surface area contributed by atoms with E-state index >= 15 is 0 Å². The highest BCUT2D eigenvalue weighted by Crippen LogP contribution is 2.22. The largest absolute Gasteiger partial charge is 0.507 e. The second-order valence-corrected chi connectivity index (χ2v) is 4.52. The SMILES string of the molecule is Nc1nc2ccccc2n1N=Cc1cc([N+](=O)[O-])ccc1O. The molecule has 0 bridgehead atoms. The second kappa shape index (κ2) is 5.17. The van der Waals surface area contributed by atoms with E-state index in [2.05, 4.69) is 10.1 Å². The summed E-state index contributed by atoms with van der Waals surface area (Å²) in [5, 5.41) is 24.7. The number of rotatable bonds is 3. The van der Waals surface area contributed by atoms with Gasteiger partial charge in [-0.3, -0.25) is 10.1 Å². The molecule has 8 heteroatoms. The number of imidazole rings is 1. The van der Waals surface area contributed by atoms with E-state index in [1.165, 1.54) is 29.1 Å². The third-order valence-electron chi connectivity index (χ3n) is 3.10. The molecule has 0 atom stereocenters. The van der Waals surface area contributed by atoms with E-state index in [0.717, 1.165) is 0 Å². The predicted octanol–water partition coefficient (Wildman–Crippen LogP) is 2.11. The molecular formula is C14H11N5O3. The van der Waals surface area contributed by atoms with Crippen LogP contribution in [0.1, 0.15) is 5.56 Å². The first-order chi connectivity index (χ1) is 10.6. The summed E-state index contributed by atoms with van der Waals surface area (Å²) < 4.78 is 1.40. The molecule has 0 radical (unpaired) electrons. The number of nitrogens with zero attached hydrogens (tertiary/aromatic N) is 4. The lowest BCUT2D eigenvalue weighted by Gasteiger charge is -2.00. The number of nitro groups is 1. The topological polar surface area (TPSA) is 120 Å². The van der Waals surface area contributed by atoms with Gasteiger partial charge in [0.15, 0.2) is 0 Å². The van der Waals surface area contributed by atoms with Crippen molar-refractivity contribution in [2.24, 2.45) is 5.10 Å². The van der Waals surface area contributed by atoms with Crippen LogP contribution in [-0.2, 0) is 0 Å². The van der Waals surface area contributed by atoms with Crippen LogP contribution in [0.4, 0.5) is 11.6 Å². The number of hydrogen-bond acceptors (Lipinski definition) is 6. The number of nitro benzene ring substituents is 1. The van der Waals surface area contributed by atoms with Gasteiger partial charge >= 0.3 is 0 Å². The first kappa shape index (κ1) is 13.6. The van der Waals surface area contributed by atoms with E-state index in [1.807, 2.05) is 12.1 Å². The Bertz CT molecular complexity index is 901. The zero-order valence-electron chi connectivity index (χ0n) is 11.2. The van der Waals surface area contributed by atoms with E-state index in [1.54, 1.807) is 12.1 Å². The van der Waals surface area contributed by atoms with Crippen LogP contribution in [0.3, 0.4) is 0 Å². The van der Waals surface area contributed by atoms with E-state index in [9.17, 15) is 15.2 Å². The van der Waals surface area contributed by atoms with Crippen molar-refractivity contribution in [1.82, 2.24) is 9.66 Å². The van der Waals surface area contributed by atoms with Gasteiger partial charge in [0.1, 0.15) is 5.75 Å². The molecule has 0 aliphatic carbocycles. The Morgan fingerprint density at radius 2 is 2.09 bits per heavy atom. The van der Waals surface area contributed by atoms with Gasteiger partial charge in [0.2, 0.25) is 5.95 Å². The number of phenolic OH excluding ortho intramolecular Hbond substituents is 1. The Morgan fingerprint density at radius 3 is 2.86 bits per heavy atom. The summed E-state index contributed by atoms with van der Waals surface area (Å²) in [6.45, 7) is 0. The predicted molar refractivity (Wildman–Crippen MR) is 81.9 cm³/mol. The normalized spacial score (nSPS) is 11.3. The smallest absolute Gasteiger partial charge is 0.270 e. The fourth-order valence-electron chi connectivity index (χ4n) is 2.03.